The second kappa shape index (κ2) is 5.66. The maximum absolute atomic E-state index is 10.5. The van der Waals surface area contributed by atoms with Gasteiger partial charge in [0.15, 0.2) is 0 Å². The van der Waals surface area contributed by atoms with Crippen molar-refractivity contribution in [3.05, 3.63) is 77.0 Å². The average Bonchev–Trinajstić information content (AvgIpc) is 2.50. The largest absolute Gasteiger partial charge is 0.386 e. The lowest BCUT2D eigenvalue weighted by molar-refractivity contribution is 0.173. The van der Waals surface area contributed by atoms with Crippen LogP contribution in [-0.4, -0.2) is 10.1 Å². The minimum Gasteiger partial charge on any atom is -0.386 e. The number of aromatic nitrogens is 1. The number of hydrogen-bond donors (Lipinski definition) is 1. The number of aryl methyl sites for hydroxylation is 2. The van der Waals surface area contributed by atoms with Gasteiger partial charge >= 0.3 is 0 Å². The molecule has 1 N–H and O–H groups in total. The molecule has 0 spiro atoms. The van der Waals surface area contributed by atoms with Crippen molar-refractivity contribution in [3.63, 3.8) is 0 Å². The molecule has 0 saturated heterocycles. The fourth-order valence-electron chi connectivity index (χ4n) is 2.74. The molecule has 0 aliphatic rings. The maximum atomic E-state index is 10.5. The number of aliphatic hydroxyl groups is 1. The van der Waals surface area contributed by atoms with Crippen LogP contribution in [0.4, 0.5) is 0 Å². The minimum absolute atomic E-state index is 0.575. The van der Waals surface area contributed by atoms with Crippen molar-refractivity contribution in [1.82, 2.24) is 4.98 Å². The van der Waals surface area contributed by atoms with Gasteiger partial charge in [-0.3, -0.25) is 4.98 Å². The van der Waals surface area contributed by atoms with Crippen LogP contribution in [0.1, 0.15) is 28.5 Å². The lowest BCUT2D eigenvalue weighted by atomic mass is 9.96. The van der Waals surface area contributed by atoms with E-state index in [-0.39, 0.29) is 0 Å². The van der Waals surface area contributed by atoms with E-state index in [1.807, 2.05) is 36.4 Å². The molecule has 0 fully saturated rings. The number of rotatable bonds is 3. The molecule has 3 aromatic rings. The summed E-state index contributed by atoms with van der Waals surface area (Å²) in [5.41, 5.74) is 5.30. The van der Waals surface area contributed by atoms with Gasteiger partial charge in [-0.2, -0.15) is 0 Å². The molecule has 3 rings (SSSR count). The highest BCUT2D eigenvalue weighted by molar-refractivity contribution is 5.78. The van der Waals surface area contributed by atoms with E-state index in [9.17, 15) is 5.11 Å². The number of pyridine rings is 1. The SMILES string of the molecule is Cc1cccc(C)c1CC(O)c1ccc2ccccc2n1. The summed E-state index contributed by atoms with van der Waals surface area (Å²) in [6.07, 6.45) is 0.0264. The van der Waals surface area contributed by atoms with E-state index in [4.69, 9.17) is 0 Å². The summed E-state index contributed by atoms with van der Waals surface area (Å²) in [6, 6.07) is 18.1. The van der Waals surface area contributed by atoms with Gasteiger partial charge in [-0.05, 0) is 42.7 Å². The number of para-hydroxylation sites is 1. The molecule has 0 bridgehead atoms. The van der Waals surface area contributed by atoms with E-state index < -0.39 is 6.10 Å². The number of aliphatic hydroxyl groups excluding tert-OH is 1. The van der Waals surface area contributed by atoms with Gasteiger partial charge in [0, 0.05) is 11.8 Å². The Labute approximate surface area is 125 Å². The Morgan fingerprint density at radius 2 is 1.62 bits per heavy atom. The Hall–Kier alpha value is -2.19. The predicted octanol–water partition coefficient (Wildman–Crippen LogP) is 4.13. The molecule has 2 aromatic carbocycles. The van der Waals surface area contributed by atoms with Crippen molar-refractivity contribution < 1.29 is 5.11 Å². The lowest BCUT2D eigenvalue weighted by Crippen LogP contribution is -2.06. The summed E-state index contributed by atoms with van der Waals surface area (Å²) in [4.78, 5) is 4.58. The van der Waals surface area contributed by atoms with Gasteiger partial charge in [0.25, 0.3) is 0 Å². The van der Waals surface area contributed by atoms with Crippen molar-refractivity contribution in [2.45, 2.75) is 26.4 Å². The van der Waals surface area contributed by atoms with Crippen molar-refractivity contribution in [1.29, 1.82) is 0 Å². The van der Waals surface area contributed by atoms with Crippen molar-refractivity contribution in [2.24, 2.45) is 0 Å². The summed E-state index contributed by atoms with van der Waals surface area (Å²) in [6.45, 7) is 4.17. The zero-order valence-electron chi connectivity index (χ0n) is 12.4. The van der Waals surface area contributed by atoms with Crippen LogP contribution in [0.2, 0.25) is 0 Å². The summed E-state index contributed by atoms with van der Waals surface area (Å²) in [5.74, 6) is 0. The van der Waals surface area contributed by atoms with Crippen LogP contribution in [0.25, 0.3) is 10.9 Å². The van der Waals surface area contributed by atoms with Gasteiger partial charge in [-0.15, -0.1) is 0 Å². The summed E-state index contributed by atoms with van der Waals surface area (Å²) >= 11 is 0. The molecule has 0 radical (unpaired) electrons. The van der Waals surface area contributed by atoms with Gasteiger partial charge < -0.3 is 5.11 Å². The second-order valence-corrected chi connectivity index (χ2v) is 5.52. The third-order valence-corrected chi connectivity index (χ3v) is 4.00. The Balaban J connectivity index is 1.91. The highest BCUT2D eigenvalue weighted by Gasteiger charge is 2.13. The van der Waals surface area contributed by atoms with Crippen molar-refractivity contribution >= 4 is 10.9 Å². The molecule has 2 heteroatoms. The quantitative estimate of drug-likeness (QED) is 0.781. The zero-order chi connectivity index (χ0) is 14.8. The first-order chi connectivity index (χ1) is 10.1. The number of nitrogens with zero attached hydrogens (tertiary/aromatic N) is 1. The van der Waals surface area contributed by atoms with Gasteiger partial charge in [0.2, 0.25) is 0 Å². The first kappa shape index (κ1) is 13.8. The molecular formula is C19H19NO. The van der Waals surface area contributed by atoms with E-state index in [0.29, 0.717) is 6.42 Å². The fraction of sp³-hybridized carbons (Fsp3) is 0.211. The third-order valence-electron chi connectivity index (χ3n) is 4.00. The van der Waals surface area contributed by atoms with E-state index in [1.165, 1.54) is 16.7 Å². The molecule has 1 atom stereocenters. The Morgan fingerprint density at radius 3 is 2.38 bits per heavy atom. The normalized spacial score (nSPS) is 12.5. The maximum Gasteiger partial charge on any atom is 0.1000 e. The molecule has 106 valence electrons. The molecule has 0 aliphatic heterocycles. The first-order valence-electron chi connectivity index (χ1n) is 7.24. The zero-order valence-corrected chi connectivity index (χ0v) is 12.4. The summed E-state index contributed by atoms with van der Waals surface area (Å²) in [7, 11) is 0. The molecular weight excluding hydrogens is 258 g/mol. The van der Waals surface area contributed by atoms with Crippen LogP contribution in [0.5, 0.6) is 0 Å². The molecule has 1 aromatic heterocycles. The van der Waals surface area contributed by atoms with E-state index in [0.717, 1.165) is 16.6 Å². The number of hydrogen-bond acceptors (Lipinski definition) is 2. The van der Waals surface area contributed by atoms with Gasteiger partial charge in [-0.1, -0.05) is 42.5 Å². The third kappa shape index (κ3) is 2.81. The summed E-state index contributed by atoms with van der Waals surface area (Å²) in [5, 5.41) is 11.6. The Kier molecular flexibility index (Phi) is 3.72. The van der Waals surface area contributed by atoms with Crippen LogP contribution in [0.15, 0.2) is 54.6 Å². The Bertz CT molecular complexity index is 759. The molecule has 1 heterocycles. The lowest BCUT2D eigenvalue weighted by Gasteiger charge is -2.15. The molecule has 2 nitrogen and oxygen atoms in total. The fourth-order valence-corrected chi connectivity index (χ4v) is 2.74. The van der Waals surface area contributed by atoms with Crippen molar-refractivity contribution in [2.75, 3.05) is 0 Å². The molecule has 21 heavy (non-hydrogen) atoms. The molecule has 0 saturated carbocycles. The molecule has 0 aliphatic carbocycles. The first-order valence-corrected chi connectivity index (χ1v) is 7.24. The van der Waals surface area contributed by atoms with Gasteiger partial charge in [0.1, 0.15) is 0 Å². The smallest absolute Gasteiger partial charge is 0.1000 e. The van der Waals surface area contributed by atoms with Crippen LogP contribution in [0, 0.1) is 13.8 Å². The van der Waals surface area contributed by atoms with Crippen LogP contribution in [0.3, 0.4) is 0 Å². The average molecular weight is 277 g/mol. The standard InChI is InChI=1S/C19H19NO/c1-13-6-5-7-14(2)16(13)12-19(21)18-11-10-15-8-3-4-9-17(15)20-18/h3-11,19,21H,12H2,1-2H3. The predicted molar refractivity (Wildman–Crippen MR) is 86.3 cm³/mol. The van der Waals surface area contributed by atoms with E-state index >= 15 is 0 Å². The van der Waals surface area contributed by atoms with Crippen molar-refractivity contribution in [3.8, 4) is 0 Å². The monoisotopic (exact) mass is 277 g/mol. The second-order valence-electron chi connectivity index (χ2n) is 5.52. The molecule has 1 unspecified atom stereocenters. The minimum atomic E-state index is -0.575. The van der Waals surface area contributed by atoms with Gasteiger partial charge in [0.05, 0.1) is 17.3 Å². The Morgan fingerprint density at radius 1 is 0.905 bits per heavy atom. The highest BCUT2D eigenvalue weighted by Crippen LogP contribution is 2.23. The highest BCUT2D eigenvalue weighted by atomic mass is 16.3. The van der Waals surface area contributed by atoms with Crippen LogP contribution in [-0.2, 0) is 6.42 Å². The van der Waals surface area contributed by atoms with Crippen LogP contribution < -0.4 is 0 Å². The summed E-state index contributed by atoms with van der Waals surface area (Å²) < 4.78 is 0. The topological polar surface area (TPSA) is 33.1 Å². The number of benzene rings is 2. The van der Waals surface area contributed by atoms with Crippen LogP contribution >= 0.6 is 0 Å². The number of fused-ring (bicyclic) bond motifs is 1. The van der Waals surface area contributed by atoms with E-state index in [2.05, 4.69) is 37.0 Å². The molecule has 0 amide bonds. The van der Waals surface area contributed by atoms with Gasteiger partial charge in [-0.25, -0.2) is 0 Å². The van der Waals surface area contributed by atoms with E-state index in [1.54, 1.807) is 0 Å².